The number of fused-ring (bicyclic) bond motifs is 2. The molecule has 0 aromatic rings. The zero-order valence-corrected chi connectivity index (χ0v) is 19.4. The smallest absolute Gasteiger partial charge is 0.404 e. The van der Waals surface area contributed by atoms with Gasteiger partial charge in [-0.2, -0.15) is 0 Å². The molecule has 1 aliphatic heterocycles. The topological polar surface area (TPSA) is 125 Å². The number of ketones is 2. The highest BCUT2D eigenvalue weighted by Crippen LogP contribution is 2.25. The van der Waals surface area contributed by atoms with E-state index in [9.17, 15) is 19.2 Å². The Balaban J connectivity index is 2.30. The van der Waals surface area contributed by atoms with Crippen LogP contribution in [0, 0.1) is 0 Å². The lowest BCUT2D eigenvalue weighted by Gasteiger charge is -2.19. The number of methoxy groups -OCH3 is 1. The van der Waals surface area contributed by atoms with E-state index < -0.39 is 23.6 Å². The number of allylic oxidation sites excluding steroid dienone is 6. The molecule has 2 rings (SSSR count). The molecule has 0 fully saturated rings. The molecule has 2 bridgehead atoms. The van der Waals surface area contributed by atoms with Crippen LogP contribution in [0.1, 0.15) is 58.8 Å². The van der Waals surface area contributed by atoms with Crippen molar-refractivity contribution in [1.29, 1.82) is 0 Å². The minimum absolute atomic E-state index is 0.00679. The first-order chi connectivity index (χ1) is 15.7. The summed E-state index contributed by atoms with van der Waals surface area (Å²) in [5.41, 5.74) is 6.62. The van der Waals surface area contributed by atoms with Gasteiger partial charge in [-0.05, 0) is 39.5 Å². The van der Waals surface area contributed by atoms with Gasteiger partial charge in [-0.15, -0.1) is 0 Å². The average molecular weight is 457 g/mol. The van der Waals surface area contributed by atoms with Gasteiger partial charge >= 0.3 is 6.09 Å². The van der Waals surface area contributed by atoms with Crippen LogP contribution in [-0.4, -0.2) is 36.8 Å². The van der Waals surface area contributed by atoms with Gasteiger partial charge in [0, 0.05) is 24.5 Å². The summed E-state index contributed by atoms with van der Waals surface area (Å²) in [6.07, 6.45) is 12.1. The largest absolute Gasteiger partial charge is 0.492 e. The third-order valence-corrected chi connectivity index (χ3v) is 5.45. The van der Waals surface area contributed by atoms with Crippen LogP contribution >= 0.6 is 0 Å². The van der Waals surface area contributed by atoms with E-state index in [1.54, 1.807) is 25.2 Å². The Labute approximate surface area is 194 Å². The lowest BCUT2D eigenvalue weighted by molar-refractivity contribution is -0.120. The van der Waals surface area contributed by atoms with Crippen LogP contribution in [0.3, 0.4) is 0 Å². The predicted octanol–water partition coefficient (Wildman–Crippen LogP) is 3.70. The summed E-state index contributed by atoms with van der Waals surface area (Å²) in [7, 11) is 1.35. The van der Waals surface area contributed by atoms with Gasteiger partial charge < -0.3 is 20.5 Å². The molecule has 0 radical (unpaired) electrons. The molecule has 2 aliphatic rings. The number of rotatable bonds is 2. The molecule has 0 aromatic carbocycles. The summed E-state index contributed by atoms with van der Waals surface area (Å²) in [6, 6.07) is 0. The fourth-order valence-electron chi connectivity index (χ4n) is 3.67. The fourth-order valence-corrected chi connectivity index (χ4v) is 3.67. The van der Waals surface area contributed by atoms with E-state index in [1.165, 1.54) is 7.11 Å². The maximum atomic E-state index is 13.0. The molecule has 33 heavy (non-hydrogen) atoms. The van der Waals surface area contributed by atoms with Crippen LogP contribution < -0.4 is 11.1 Å². The Morgan fingerprint density at radius 2 is 1.91 bits per heavy atom. The van der Waals surface area contributed by atoms with E-state index in [1.807, 2.05) is 13.0 Å². The second-order valence-electron chi connectivity index (χ2n) is 8.16. The predicted molar refractivity (Wildman–Crippen MR) is 124 cm³/mol. The number of amides is 2. The standard InChI is InChI=1S/C25H32N2O6/c1-16-10-6-4-5-7-12-18(33-25(26)31)13-9-8-11-17(2)24(30)27-20-15-21(28)23(32-3)19(14-16)22(20)29/h8-11,15,18H,4-7,12-14H2,1-3H3,(H2,26,31)(H,27,30)/b9-8-,16-10+,17-11+. The highest BCUT2D eigenvalue weighted by molar-refractivity contribution is 6.23. The number of primary amides is 1. The van der Waals surface area contributed by atoms with Gasteiger partial charge in [0.1, 0.15) is 6.10 Å². The quantitative estimate of drug-likeness (QED) is 0.482. The van der Waals surface area contributed by atoms with Crippen molar-refractivity contribution in [2.45, 2.75) is 64.9 Å². The molecular formula is C25H32N2O6. The molecule has 0 saturated heterocycles. The van der Waals surface area contributed by atoms with E-state index in [2.05, 4.69) is 5.32 Å². The van der Waals surface area contributed by atoms with Crippen LogP contribution in [0.2, 0.25) is 0 Å². The van der Waals surface area contributed by atoms with E-state index in [0.717, 1.165) is 37.3 Å². The molecule has 8 nitrogen and oxygen atoms in total. The molecule has 1 aliphatic carbocycles. The Hall–Kier alpha value is -3.42. The normalized spacial score (nSPS) is 25.7. The summed E-state index contributed by atoms with van der Waals surface area (Å²) < 4.78 is 10.4. The van der Waals surface area contributed by atoms with Crippen molar-refractivity contribution in [3.63, 3.8) is 0 Å². The molecule has 1 unspecified atom stereocenters. The van der Waals surface area contributed by atoms with Crippen molar-refractivity contribution in [1.82, 2.24) is 5.32 Å². The SMILES string of the molecule is COC1=C2C/C(C)=C/CCCCCC(OC(N)=O)C/C=C\C=C(/C)C(=O)NC(=CC1=O)C2=O. The Bertz CT molecular complexity index is 952. The van der Waals surface area contributed by atoms with Gasteiger partial charge in [0.25, 0.3) is 5.91 Å². The number of ether oxygens (including phenoxy) is 2. The summed E-state index contributed by atoms with van der Waals surface area (Å²) in [6.45, 7) is 3.49. The maximum Gasteiger partial charge on any atom is 0.404 e. The molecule has 178 valence electrons. The number of hydrogen-bond donors (Lipinski definition) is 2. The van der Waals surface area contributed by atoms with Crippen LogP contribution in [0.15, 0.2) is 58.6 Å². The second kappa shape index (κ2) is 12.6. The summed E-state index contributed by atoms with van der Waals surface area (Å²) in [4.78, 5) is 49.3. The molecule has 0 aromatic heterocycles. The number of nitrogens with one attached hydrogen (secondary N) is 1. The Morgan fingerprint density at radius 3 is 2.61 bits per heavy atom. The third-order valence-electron chi connectivity index (χ3n) is 5.45. The average Bonchev–Trinajstić information content (AvgIpc) is 2.75. The molecule has 0 saturated carbocycles. The Kier molecular flexibility index (Phi) is 9.84. The van der Waals surface area contributed by atoms with E-state index in [0.29, 0.717) is 18.4 Å². The van der Waals surface area contributed by atoms with E-state index >= 15 is 0 Å². The number of carbonyl (C=O) groups excluding carboxylic acids is 4. The molecule has 1 atom stereocenters. The first-order valence-corrected chi connectivity index (χ1v) is 11.1. The number of carbonyl (C=O) groups is 4. The minimum Gasteiger partial charge on any atom is -0.492 e. The van der Waals surface area contributed by atoms with Gasteiger partial charge in [-0.25, -0.2) is 4.79 Å². The van der Waals surface area contributed by atoms with Crippen molar-refractivity contribution in [2.24, 2.45) is 5.73 Å². The van der Waals surface area contributed by atoms with Crippen molar-refractivity contribution >= 4 is 23.6 Å². The van der Waals surface area contributed by atoms with Crippen molar-refractivity contribution in [3.8, 4) is 0 Å². The first-order valence-electron chi connectivity index (χ1n) is 11.1. The lowest BCUT2D eigenvalue weighted by Crippen LogP contribution is -2.33. The van der Waals surface area contributed by atoms with Gasteiger partial charge in [-0.1, -0.05) is 36.3 Å². The summed E-state index contributed by atoms with van der Waals surface area (Å²) in [5.74, 6) is -1.38. The zero-order valence-electron chi connectivity index (χ0n) is 19.4. The highest BCUT2D eigenvalue weighted by Gasteiger charge is 2.30. The fraction of sp³-hybridized carbons (Fsp3) is 0.440. The number of Topliss-reactive ketones (excluding diaryl/α,β-unsaturated/α-hetero) is 1. The third kappa shape index (κ3) is 7.89. The van der Waals surface area contributed by atoms with Crippen molar-refractivity contribution in [2.75, 3.05) is 7.11 Å². The van der Waals surface area contributed by atoms with Crippen LogP contribution in [0.5, 0.6) is 0 Å². The Morgan fingerprint density at radius 1 is 1.15 bits per heavy atom. The number of hydrogen-bond acceptors (Lipinski definition) is 6. The zero-order chi connectivity index (χ0) is 24.4. The number of nitrogens with two attached hydrogens (primary N) is 1. The van der Waals surface area contributed by atoms with Crippen molar-refractivity contribution < 1.29 is 28.7 Å². The van der Waals surface area contributed by atoms with Gasteiger partial charge in [0.05, 0.1) is 18.4 Å². The van der Waals surface area contributed by atoms with E-state index in [-0.39, 0.29) is 29.6 Å². The van der Waals surface area contributed by atoms with Gasteiger partial charge in [0.2, 0.25) is 11.6 Å². The highest BCUT2D eigenvalue weighted by atomic mass is 16.6. The molecule has 8 heteroatoms. The van der Waals surface area contributed by atoms with E-state index in [4.69, 9.17) is 15.2 Å². The molecular weight excluding hydrogens is 424 g/mol. The first kappa shape index (κ1) is 25.8. The summed E-state index contributed by atoms with van der Waals surface area (Å²) in [5, 5.41) is 2.54. The monoisotopic (exact) mass is 456 g/mol. The van der Waals surface area contributed by atoms with Gasteiger partial charge in [0.15, 0.2) is 5.76 Å². The van der Waals surface area contributed by atoms with Crippen LogP contribution in [0.25, 0.3) is 0 Å². The minimum atomic E-state index is -0.806. The summed E-state index contributed by atoms with van der Waals surface area (Å²) >= 11 is 0. The van der Waals surface area contributed by atoms with Gasteiger partial charge in [-0.3, -0.25) is 14.4 Å². The second-order valence-corrected chi connectivity index (χ2v) is 8.16. The molecule has 3 N–H and O–H groups in total. The lowest BCUT2D eigenvalue weighted by atomic mass is 9.92. The molecule has 2 amide bonds. The van der Waals surface area contributed by atoms with Crippen LogP contribution in [-0.2, 0) is 23.9 Å². The molecule has 1 heterocycles. The molecule has 0 spiro atoms. The van der Waals surface area contributed by atoms with Crippen LogP contribution in [0.4, 0.5) is 4.79 Å². The maximum absolute atomic E-state index is 13.0. The van der Waals surface area contributed by atoms with Crippen molar-refractivity contribution in [3.05, 3.63) is 58.6 Å².